The van der Waals surface area contributed by atoms with Crippen molar-refractivity contribution in [3.63, 3.8) is 0 Å². The second kappa shape index (κ2) is 17.0. The summed E-state index contributed by atoms with van der Waals surface area (Å²) in [6.45, 7) is 0. The molecule has 0 bridgehead atoms. The van der Waals surface area contributed by atoms with E-state index in [0.29, 0.717) is 11.3 Å². The summed E-state index contributed by atoms with van der Waals surface area (Å²) < 4.78 is 0. The Hall–Kier alpha value is -4.89. The van der Waals surface area contributed by atoms with Crippen LogP contribution in [0.5, 0.6) is 0 Å². The number of nitrogens with two attached hydrogens (primary N) is 2. The second-order valence-corrected chi connectivity index (χ2v) is 11.7. The van der Waals surface area contributed by atoms with Gasteiger partial charge >= 0.3 is 11.9 Å². The predicted molar refractivity (Wildman–Crippen MR) is 171 cm³/mol. The Labute approximate surface area is 269 Å². The number of benzene rings is 2. The zero-order chi connectivity index (χ0) is 33.8. The van der Waals surface area contributed by atoms with E-state index in [0.717, 1.165) is 16.5 Å². The lowest BCUT2D eigenvalue weighted by atomic mass is 9.98. The summed E-state index contributed by atoms with van der Waals surface area (Å²) in [6.07, 6.45) is 3.16. The zero-order valence-corrected chi connectivity index (χ0v) is 25.9. The standard InChI is InChI=1S/C31H38N6O8S/c1-46-12-11-23(35-27(39)21(32)14-18-16-34-22-10-6-5-9-19(18)22)28(40)37-25(13-17-7-3-2-4-8-17)29(41)36-24(26(33)38)15-20(30(42)43)31(44)45/h2-10,16,20-21,23-25,34H,11-15,32H2,1H3,(H2,33,38)(H,35,39)(H,36,41)(H,37,40)(H,42,43)(H,44,45)/t21-,23-,24+,25-/m1/s1. The van der Waals surface area contributed by atoms with Crippen LogP contribution in [0.15, 0.2) is 60.8 Å². The Kier molecular flexibility index (Phi) is 13.1. The number of carboxylic acids is 2. The van der Waals surface area contributed by atoms with Gasteiger partial charge in [-0.05, 0) is 42.0 Å². The number of hydrogen-bond acceptors (Lipinski definition) is 8. The van der Waals surface area contributed by atoms with Gasteiger partial charge in [0.05, 0.1) is 6.04 Å². The van der Waals surface area contributed by atoms with Crippen molar-refractivity contribution in [1.29, 1.82) is 0 Å². The number of hydrogen-bond donors (Lipinski definition) is 8. The third kappa shape index (κ3) is 10.1. The number of aliphatic carboxylic acids is 2. The van der Waals surface area contributed by atoms with E-state index >= 15 is 0 Å². The van der Waals surface area contributed by atoms with Gasteiger partial charge in [0.15, 0.2) is 5.92 Å². The van der Waals surface area contributed by atoms with Crippen molar-refractivity contribution in [2.24, 2.45) is 17.4 Å². The number of para-hydroxylation sites is 1. The van der Waals surface area contributed by atoms with Crippen LogP contribution < -0.4 is 27.4 Å². The average molecular weight is 655 g/mol. The molecule has 15 heteroatoms. The zero-order valence-electron chi connectivity index (χ0n) is 25.1. The van der Waals surface area contributed by atoms with Gasteiger partial charge in [-0.15, -0.1) is 0 Å². The molecule has 1 heterocycles. The van der Waals surface area contributed by atoms with Gasteiger partial charge in [-0.1, -0.05) is 48.5 Å². The molecule has 46 heavy (non-hydrogen) atoms. The minimum absolute atomic E-state index is 0.0472. The van der Waals surface area contributed by atoms with Gasteiger partial charge < -0.3 is 42.6 Å². The molecule has 0 aliphatic rings. The highest BCUT2D eigenvalue weighted by molar-refractivity contribution is 7.98. The van der Waals surface area contributed by atoms with Gasteiger partial charge in [0, 0.05) is 29.9 Å². The Morgan fingerprint density at radius 3 is 2.02 bits per heavy atom. The number of carboxylic acid groups (broad SMARTS) is 2. The number of nitrogens with one attached hydrogen (secondary N) is 4. The number of carbonyl (C=O) groups excluding carboxylic acids is 4. The number of amides is 4. The van der Waals surface area contributed by atoms with Crippen LogP contribution in [0.4, 0.5) is 0 Å². The molecule has 0 radical (unpaired) electrons. The fourth-order valence-electron chi connectivity index (χ4n) is 4.81. The first kappa shape index (κ1) is 35.6. The molecular formula is C31H38N6O8S. The average Bonchev–Trinajstić information content (AvgIpc) is 3.43. The van der Waals surface area contributed by atoms with Crippen molar-refractivity contribution in [2.75, 3.05) is 12.0 Å². The topological polar surface area (TPSA) is 247 Å². The quantitative estimate of drug-likeness (QED) is 0.0863. The number of primary amides is 1. The molecule has 14 nitrogen and oxygen atoms in total. The molecule has 3 rings (SSSR count). The van der Waals surface area contributed by atoms with Crippen LogP contribution in [0.1, 0.15) is 24.0 Å². The van der Waals surface area contributed by atoms with E-state index in [4.69, 9.17) is 11.5 Å². The van der Waals surface area contributed by atoms with Crippen LogP contribution in [-0.2, 0) is 41.6 Å². The first-order valence-corrected chi connectivity index (χ1v) is 15.8. The van der Waals surface area contributed by atoms with Gasteiger partial charge in [0.2, 0.25) is 23.6 Å². The molecule has 0 saturated carbocycles. The van der Waals surface area contributed by atoms with E-state index in [2.05, 4.69) is 20.9 Å². The molecular weight excluding hydrogens is 616 g/mol. The molecule has 0 spiro atoms. The third-order valence-electron chi connectivity index (χ3n) is 7.34. The SMILES string of the molecule is CSCC[C@@H](NC(=O)[C@H](N)Cc1c[nH]c2ccccc12)C(=O)N[C@H](Cc1ccccc1)C(=O)N[C@@H](CC(C(=O)O)C(=O)O)C(N)=O. The van der Waals surface area contributed by atoms with E-state index in [1.54, 1.807) is 36.5 Å². The summed E-state index contributed by atoms with van der Waals surface area (Å²) in [7, 11) is 0. The Morgan fingerprint density at radius 1 is 0.804 bits per heavy atom. The maximum Gasteiger partial charge on any atom is 0.317 e. The molecule has 0 aliphatic heterocycles. The van der Waals surface area contributed by atoms with Crippen LogP contribution in [0, 0.1) is 5.92 Å². The number of carbonyl (C=O) groups is 6. The Balaban J connectivity index is 1.78. The van der Waals surface area contributed by atoms with Crippen molar-refractivity contribution in [2.45, 2.75) is 49.9 Å². The lowest BCUT2D eigenvalue weighted by Gasteiger charge is -2.26. The molecule has 4 amide bonds. The van der Waals surface area contributed by atoms with Crippen LogP contribution >= 0.6 is 11.8 Å². The summed E-state index contributed by atoms with van der Waals surface area (Å²) in [5.74, 6) is -8.27. The van der Waals surface area contributed by atoms with Crippen molar-refractivity contribution in [3.05, 3.63) is 71.9 Å². The van der Waals surface area contributed by atoms with Crippen molar-refractivity contribution < 1.29 is 39.0 Å². The van der Waals surface area contributed by atoms with Gasteiger partial charge in [-0.2, -0.15) is 11.8 Å². The highest BCUT2D eigenvalue weighted by Crippen LogP contribution is 2.19. The van der Waals surface area contributed by atoms with E-state index in [1.165, 1.54) is 11.8 Å². The first-order chi connectivity index (χ1) is 21.9. The van der Waals surface area contributed by atoms with Gasteiger partial charge in [0.25, 0.3) is 0 Å². The highest BCUT2D eigenvalue weighted by Gasteiger charge is 2.35. The van der Waals surface area contributed by atoms with Gasteiger partial charge in [-0.25, -0.2) is 0 Å². The maximum absolute atomic E-state index is 13.6. The minimum atomic E-state index is -2.01. The molecule has 0 unspecified atom stereocenters. The van der Waals surface area contributed by atoms with Gasteiger partial charge in [-0.3, -0.25) is 28.8 Å². The number of thioether (sulfide) groups is 1. The van der Waals surface area contributed by atoms with E-state index in [9.17, 15) is 39.0 Å². The van der Waals surface area contributed by atoms with Crippen LogP contribution in [0.25, 0.3) is 10.9 Å². The molecule has 0 aliphatic carbocycles. The summed E-state index contributed by atoms with van der Waals surface area (Å²) >= 11 is 1.44. The number of aromatic nitrogens is 1. The van der Waals surface area contributed by atoms with Crippen LogP contribution in [0.3, 0.4) is 0 Å². The van der Waals surface area contributed by atoms with E-state index in [1.807, 2.05) is 30.5 Å². The largest absolute Gasteiger partial charge is 0.481 e. The highest BCUT2D eigenvalue weighted by atomic mass is 32.2. The van der Waals surface area contributed by atoms with E-state index in [-0.39, 0.29) is 19.3 Å². The summed E-state index contributed by atoms with van der Waals surface area (Å²) in [5, 5.41) is 27.0. The lowest BCUT2D eigenvalue weighted by Crippen LogP contribution is -2.58. The molecule has 0 saturated heterocycles. The van der Waals surface area contributed by atoms with Crippen LogP contribution in [0.2, 0.25) is 0 Å². The van der Waals surface area contributed by atoms with Crippen molar-refractivity contribution in [3.8, 4) is 0 Å². The van der Waals surface area contributed by atoms with Gasteiger partial charge in [0.1, 0.15) is 18.1 Å². The van der Waals surface area contributed by atoms with Crippen molar-refractivity contribution in [1.82, 2.24) is 20.9 Å². The summed E-state index contributed by atoms with van der Waals surface area (Å²) in [4.78, 5) is 78.2. The number of rotatable bonds is 18. The first-order valence-electron chi connectivity index (χ1n) is 14.4. The normalized spacial score (nSPS) is 13.7. The Morgan fingerprint density at radius 2 is 1.39 bits per heavy atom. The predicted octanol–water partition coefficient (Wildman–Crippen LogP) is 0.149. The molecule has 10 N–H and O–H groups in total. The van der Waals surface area contributed by atoms with E-state index < -0.39 is 72.1 Å². The molecule has 4 atom stereocenters. The smallest absolute Gasteiger partial charge is 0.317 e. The Bertz CT molecular complexity index is 1530. The lowest BCUT2D eigenvalue weighted by molar-refractivity contribution is -0.155. The maximum atomic E-state index is 13.6. The number of H-pyrrole nitrogens is 1. The monoisotopic (exact) mass is 654 g/mol. The molecule has 246 valence electrons. The van der Waals surface area contributed by atoms with Crippen LogP contribution in [-0.4, -0.2) is 86.9 Å². The molecule has 0 fully saturated rings. The molecule has 3 aromatic rings. The fraction of sp³-hybridized carbons (Fsp3) is 0.355. The number of aromatic amines is 1. The molecule has 2 aromatic carbocycles. The van der Waals surface area contributed by atoms with Crippen molar-refractivity contribution >= 4 is 58.2 Å². The fourth-order valence-corrected chi connectivity index (χ4v) is 5.28. The second-order valence-electron chi connectivity index (χ2n) is 10.7. The summed E-state index contributed by atoms with van der Waals surface area (Å²) in [6, 6.07) is 11.2. The minimum Gasteiger partial charge on any atom is -0.481 e. The third-order valence-corrected chi connectivity index (χ3v) is 7.98. The summed E-state index contributed by atoms with van der Waals surface area (Å²) in [5.41, 5.74) is 14.0. The molecule has 1 aromatic heterocycles. The number of fused-ring (bicyclic) bond motifs is 1.